The molecule has 0 aliphatic heterocycles. The molecule has 0 saturated heterocycles. The fourth-order valence-corrected chi connectivity index (χ4v) is 2.48. The molecule has 1 saturated carbocycles. The summed E-state index contributed by atoms with van der Waals surface area (Å²) in [7, 11) is 1.80. The third kappa shape index (κ3) is 3.43. The van der Waals surface area contributed by atoms with Crippen LogP contribution < -0.4 is 11.1 Å². The van der Waals surface area contributed by atoms with Gasteiger partial charge in [-0.15, -0.1) is 0 Å². The lowest BCUT2D eigenvalue weighted by atomic mass is 9.64. The molecule has 0 aromatic rings. The molecule has 3 N–H and O–H groups in total. The van der Waals surface area contributed by atoms with E-state index in [-0.39, 0.29) is 16.9 Å². The van der Waals surface area contributed by atoms with E-state index >= 15 is 0 Å². The quantitative estimate of drug-likeness (QED) is 0.776. The highest BCUT2D eigenvalue weighted by Crippen LogP contribution is 2.42. The second-order valence-electron chi connectivity index (χ2n) is 7.05. The first-order valence-corrected chi connectivity index (χ1v) is 6.71. The van der Waals surface area contributed by atoms with E-state index in [2.05, 4.69) is 39.9 Å². The van der Waals surface area contributed by atoms with E-state index in [9.17, 15) is 0 Å². The Morgan fingerprint density at radius 3 is 2.41 bits per heavy atom. The van der Waals surface area contributed by atoms with Crippen molar-refractivity contribution in [3.63, 3.8) is 0 Å². The van der Waals surface area contributed by atoms with Crippen molar-refractivity contribution in [1.29, 1.82) is 0 Å². The zero-order chi connectivity index (χ0) is 13.3. The summed E-state index contributed by atoms with van der Waals surface area (Å²) in [6.07, 6.45) is 2.55. The van der Waals surface area contributed by atoms with Crippen LogP contribution in [0.15, 0.2) is 0 Å². The molecule has 0 aromatic heterocycles. The van der Waals surface area contributed by atoms with Gasteiger partial charge in [0.1, 0.15) is 0 Å². The minimum absolute atomic E-state index is 0.200. The normalized spacial score (nSPS) is 29.8. The number of ether oxygens (including phenoxy) is 1. The van der Waals surface area contributed by atoms with Crippen LogP contribution in [0.3, 0.4) is 0 Å². The van der Waals surface area contributed by atoms with Gasteiger partial charge in [-0.2, -0.15) is 0 Å². The van der Waals surface area contributed by atoms with Crippen LogP contribution >= 0.6 is 0 Å². The number of nitrogens with one attached hydrogen (secondary N) is 1. The molecular formula is C14H30N2O. The summed E-state index contributed by atoms with van der Waals surface area (Å²) in [6, 6.07) is 0.830. The number of methoxy groups -OCH3 is 1. The van der Waals surface area contributed by atoms with E-state index in [4.69, 9.17) is 10.5 Å². The van der Waals surface area contributed by atoms with E-state index < -0.39 is 0 Å². The minimum atomic E-state index is 0.200. The zero-order valence-electron chi connectivity index (χ0n) is 12.3. The summed E-state index contributed by atoms with van der Waals surface area (Å²) in [5.41, 5.74) is 6.60. The van der Waals surface area contributed by atoms with Crippen molar-refractivity contribution in [2.45, 2.75) is 65.6 Å². The van der Waals surface area contributed by atoms with Crippen LogP contribution in [0, 0.1) is 10.8 Å². The molecule has 0 bridgehead atoms. The average Bonchev–Trinajstić information content (AvgIpc) is 2.20. The molecule has 3 atom stereocenters. The summed E-state index contributed by atoms with van der Waals surface area (Å²) >= 11 is 0. The summed E-state index contributed by atoms with van der Waals surface area (Å²) in [5, 5.41) is 3.62. The molecule has 0 spiro atoms. The molecule has 1 rings (SSSR count). The molecular weight excluding hydrogens is 212 g/mol. The Hall–Kier alpha value is -0.120. The second-order valence-corrected chi connectivity index (χ2v) is 7.05. The van der Waals surface area contributed by atoms with Gasteiger partial charge in [-0.1, -0.05) is 34.6 Å². The van der Waals surface area contributed by atoms with Gasteiger partial charge in [0, 0.05) is 24.6 Å². The van der Waals surface area contributed by atoms with Gasteiger partial charge in [0.15, 0.2) is 0 Å². The van der Waals surface area contributed by atoms with E-state index in [1.54, 1.807) is 7.11 Å². The first-order chi connectivity index (χ1) is 7.69. The van der Waals surface area contributed by atoms with Crippen molar-refractivity contribution in [1.82, 2.24) is 5.32 Å². The molecule has 0 amide bonds. The highest BCUT2D eigenvalue weighted by atomic mass is 16.5. The van der Waals surface area contributed by atoms with Crippen molar-refractivity contribution >= 4 is 0 Å². The number of nitrogens with two attached hydrogens (primary N) is 1. The van der Waals surface area contributed by atoms with Gasteiger partial charge in [-0.25, -0.2) is 0 Å². The van der Waals surface area contributed by atoms with Gasteiger partial charge in [0.25, 0.3) is 0 Å². The summed E-state index contributed by atoms with van der Waals surface area (Å²) in [4.78, 5) is 0. The number of rotatable bonds is 5. The first kappa shape index (κ1) is 14.9. The Morgan fingerprint density at radius 2 is 2.00 bits per heavy atom. The maximum Gasteiger partial charge on any atom is 0.0652 e. The smallest absolute Gasteiger partial charge is 0.0652 e. The Balaban J connectivity index is 2.26. The zero-order valence-corrected chi connectivity index (χ0v) is 12.3. The topological polar surface area (TPSA) is 47.3 Å². The molecule has 1 aliphatic rings. The van der Waals surface area contributed by atoms with Crippen molar-refractivity contribution < 1.29 is 4.74 Å². The van der Waals surface area contributed by atoms with Crippen LogP contribution in [-0.2, 0) is 4.74 Å². The summed E-state index contributed by atoms with van der Waals surface area (Å²) in [5.74, 6) is 0. The summed E-state index contributed by atoms with van der Waals surface area (Å²) in [6.45, 7) is 12.1. The van der Waals surface area contributed by atoms with Crippen LogP contribution in [0.1, 0.15) is 47.5 Å². The molecule has 1 aliphatic carbocycles. The Bertz CT molecular complexity index is 245. The predicted octanol–water partition coefficient (Wildman–Crippen LogP) is 2.15. The fourth-order valence-electron chi connectivity index (χ4n) is 2.48. The molecule has 102 valence electrons. The van der Waals surface area contributed by atoms with Crippen molar-refractivity contribution in [3.05, 3.63) is 0 Å². The third-order valence-corrected chi connectivity index (χ3v) is 4.42. The standard InChI is InChI=1S/C14H30N2O/c1-13(2,3)10(15)7-8-16-11-9-12(17-6)14(11,4)5/h10-12,16H,7-9,15H2,1-6H3. The Labute approximate surface area is 106 Å². The van der Waals surface area contributed by atoms with Crippen molar-refractivity contribution in [2.75, 3.05) is 13.7 Å². The maximum absolute atomic E-state index is 6.15. The molecule has 3 unspecified atom stereocenters. The first-order valence-electron chi connectivity index (χ1n) is 6.71. The van der Waals surface area contributed by atoms with Crippen LogP contribution in [0.4, 0.5) is 0 Å². The minimum Gasteiger partial charge on any atom is -0.381 e. The van der Waals surface area contributed by atoms with Gasteiger partial charge in [0.05, 0.1) is 6.10 Å². The molecule has 3 heteroatoms. The van der Waals surface area contributed by atoms with Gasteiger partial charge >= 0.3 is 0 Å². The van der Waals surface area contributed by atoms with Gasteiger partial charge < -0.3 is 15.8 Å². The second kappa shape index (κ2) is 5.25. The molecule has 0 heterocycles. The monoisotopic (exact) mass is 242 g/mol. The van der Waals surface area contributed by atoms with Crippen molar-refractivity contribution in [2.24, 2.45) is 16.6 Å². The van der Waals surface area contributed by atoms with E-state index in [0.717, 1.165) is 19.4 Å². The molecule has 0 radical (unpaired) electrons. The number of hydrogen-bond donors (Lipinski definition) is 2. The van der Waals surface area contributed by atoms with Crippen LogP contribution in [0.2, 0.25) is 0 Å². The van der Waals surface area contributed by atoms with E-state index in [1.807, 2.05) is 0 Å². The van der Waals surface area contributed by atoms with Gasteiger partial charge in [-0.3, -0.25) is 0 Å². The van der Waals surface area contributed by atoms with Gasteiger partial charge in [-0.05, 0) is 24.8 Å². The molecule has 0 aromatic carbocycles. The highest BCUT2D eigenvalue weighted by molar-refractivity contribution is 5.02. The van der Waals surface area contributed by atoms with E-state index in [1.165, 1.54) is 0 Å². The fraction of sp³-hybridized carbons (Fsp3) is 1.00. The van der Waals surface area contributed by atoms with E-state index in [0.29, 0.717) is 12.1 Å². The Morgan fingerprint density at radius 1 is 1.41 bits per heavy atom. The molecule has 17 heavy (non-hydrogen) atoms. The van der Waals surface area contributed by atoms with Crippen LogP contribution in [0.5, 0.6) is 0 Å². The highest BCUT2D eigenvalue weighted by Gasteiger charge is 2.48. The maximum atomic E-state index is 6.15. The van der Waals surface area contributed by atoms with Crippen molar-refractivity contribution in [3.8, 4) is 0 Å². The predicted molar refractivity (Wildman–Crippen MR) is 73.0 cm³/mol. The van der Waals surface area contributed by atoms with Crippen LogP contribution in [-0.4, -0.2) is 31.8 Å². The largest absolute Gasteiger partial charge is 0.381 e. The van der Waals surface area contributed by atoms with Gasteiger partial charge in [0.2, 0.25) is 0 Å². The molecule has 3 nitrogen and oxygen atoms in total. The molecule has 1 fully saturated rings. The summed E-state index contributed by atoms with van der Waals surface area (Å²) < 4.78 is 5.45. The lowest BCUT2D eigenvalue weighted by Gasteiger charge is -2.51. The number of hydrogen-bond acceptors (Lipinski definition) is 3. The SMILES string of the molecule is COC1CC(NCCC(N)C(C)(C)C)C1(C)C. The lowest BCUT2D eigenvalue weighted by Crippen LogP contribution is -2.61. The lowest BCUT2D eigenvalue weighted by molar-refractivity contribution is -0.0974. The Kier molecular flexibility index (Phi) is 4.61. The van der Waals surface area contributed by atoms with Crippen LogP contribution in [0.25, 0.3) is 0 Å². The average molecular weight is 242 g/mol. The third-order valence-electron chi connectivity index (χ3n) is 4.42.